The molecule has 5 rings (SSSR count). The Hall–Kier alpha value is -3.06. The number of rotatable bonds is 4. The molecule has 1 aliphatic rings. The fourth-order valence-corrected chi connectivity index (χ4v) is 3.88. The molecule has 7 nitrogen and oxygen atoms in total. The molecule has 28 heavy (non-hydrogen) atoms. The number of pyridine rings is 1. The van der Waals surface area contributed by atoms with Crippen molar-refractivity contribution in [3.63, 3.8) is 0 Å². The summed E-state index contributed by atoms with van der Waals surface area (Å²) in [6.45, 7) is 4.92. The molecule has 0 unspecified atom stereocenters. The molecule has 0 amide bonds. The van der Waals surface area contributed by atoms with E-state index in [1.807, 2.05) is 31.5 Å². The number of likely N-dealkylation sites (tertiary alicyclic amines) is 1. The summed E-state index contributed by atoms with van der Waals surface area (Å²) in [5, 5.41) is 0. The summed E-state index contributed by atoms with van der Waals surface area (Å²) < 4.78 is 7.91. The van der Waals surface area contributed by atoms with Gasteiger partial charge in [-0.1, -0.05) is 0 Å². The van der Waals surface area contributed by atoms with Crippen molar-refractivity contribution in [2.45, 2.75) is 32.4 Å². The third kappa shape index (κ3) is 3.29. The lowest BCUT2D eigenvalue weighted by molar-refractivity contribution is 0.169. The van der Waals surface area contributed by atoms with E-state index < -0.39 is 0 Å². The van der Waals surface area contributed by atoms with Crippen LogP contribution in [0.15, 0.2) is 53.6 Å². The summed E-state index contributed by atoms with van der Waals surface area (Å²) in [6, 6.07) is 8.39. The van der Waals surface area contributed by atoms with Crippen LogP contribution in [-0.4, -0.2) is 42.5 Å². The highest BCUT2D eigenvalue weighted by Gasteiger charge is 2.23. The van der Waals surface area contributed by atoms with Gasteiger partial charge in [-0.2, -0.15) is 0 Å². The van der Waals surface area contributed by atoms with E-state index in [1.165, 1.54) is 0 Å². The van der Waals surface area contributed by atoms with Gasteiger partial charge in [0.05, 0.1) is 24.8 Å². The summed E-state index contributed by atoms with van der Waals surface area (Å²) in [5.41, 5.74) is 3.42. The first-order valence-corrected chi connectivity index (χ1v) is 9.64. The third-order valence-electron chi connectivity index (χ3n) is 5.39. The Kier molecular flexibility index (Phi) is 4.37. The largest absolute Gasteiger partial charge is 0.465 e. The van der Waals surface area contributed by atoms with Crippen molar-refractivity contribution in [1.29, 1.82) is 0 Å². The van der Waals surface area contributed by atoms with Gasteiger partial charge >= 0.3 is 0 Å². The average Bonchev–Trinajstić information content (AvgIpc) is 3.35. The molecule has 0 N–H and O–H groups in total. The van der Waals surface area contributed by atoms with Crippen molar-refractivity contribution in [1.82, 2.24) is 29.4 Å². The zero-order valence-electron chi connectivity index (χ0n) is 15.8. The topological polar surface area (TPSA) is 72.9 Å². The average molecular weight is 374 g/mol. The van der Waals surface area contributed by atoms with E-state index in [0.717, 1.165) is 60.9 Å². The molecule has 1 aliphatic heterocycles. The van der Waals surface area contributed by atoms with Crippen LogP contribution in [0.4, 0.5) is 0 Å². The van der Waals surface area contributed by atoms with Crippen LogP contribution in [0.2, 0.25) is 0 Å². The van der Waals surface area contributed by atoms with E-state index in [9.17, 15) is 0 Å². The van der Waals surface area contributed by atoms with Crippen LogP contribution in [-0.2, 0) is 6.54 Å². The minimum atomic E-state index is 0.390. The molecule has 5 heterocycles. The number of imidazole rings is 1. The van der Waals surface area contributed by atoms with Gasteiger partial charge in [-0.15, -0.1) is 0 Å². The standard InChI is InChI=1S/C21H22N6O/c1-15-2-3-18(28-15)13-26-10-6-17(7-11-26)27-14-24-20-21(27)25-19(12-23-20)16-4-8-22-9-5-16/h2-5,8-9,12,14,17H,6-7,10-11,13H2,1H3. The number of hydrogen-bond donors (Lipinski definition) is 0. The Balaban J connectivity index is 1.34. The van der Waals surface area contributed by atoms with Crippen molar-refractivity contribution in [2.24, 2.45) is 0 Å². The molecule has 1 fully saturated rings. The van der Waals surface area contributed by atoms with Crippen LogP contribution in [0.5, 0.6) is 0 Å². The van der Waals surface area contributed by atoms with Gasteiger partial charge in [0.1, 0.15) is 11.5 Å². The summed E-state index contributed by atoms with van der Waals surface area (Å²) in [4.78, 5) is 20.3. The fourth-order valence-electron chi connectivity index (χ4n) is 3.88. The second-order valence-corrected chi connectivity index (χ2v) is 7.31. The smallest absolute Gasteiger partial charge is 0.197 e. The molecule has 0 atom stereocenters. The first-order valence-electron chi connectivity index (χ1n) is 9.64. The van der Waals surface area contributed by atoms with Crippen molar-refractivity contribution < 1.29 is 4.42 Å². The number of nitrogens with zero attached hydrogens (tertiary/aromatic N) is 6. The fraction of sp³-hybridized carbons (Fsp3) is 0.333. The minimum Gasteiger partial charge on any atom is -0.465 e. The Morgan fingerprint density at radius 3 is 2.64 bits per heavy atom. The number of furan rings is 1. The van der Waals surface area contributed by atoms with Crippen LogP contribution < -0.4 is 0 Å². The molecule has 0 saturated carbocycles. The van der Waals surface area contributed by atoms with Crippen LogP contribution >= 0.6 is 0 Å². The van der Waals surface area contributed by atoms with E-state index in [4.69, 9.17) is 9.40 Å². The zero-order valence-corrected chi connectivity index (χ0v) is 15.8. The van der Waals surface area contributed by atoms with Crippen molar-refractivity contribution in [3.05, 3.63) is 60.7 Å². The van der Waals surface area contributed by atoms with E-state index in [2.05, 4.69) is 30.5 Å². The Labute approximate surface area is 163 Å². The Morgan fingerprint density at radius 2 is 1.89 bits per heavy atom. The number of aryl methyl sites for hydroxylation is 1. The molecule has 1 saturated heterocycles. The number of aromatic nitrogens is 5. The van der Waals surface area contributed by atoms with Crippen LogP contribution in [0.25, 0.3) is 22.6 Å². The van der Waals surface area contributed by atoms with Crippen LogP contribution in [0, 0.1) is 6.92 Å². The van der Waals surface area contributed by atoms with Gasteiger partial charge in [0.25, 0.3) is 0 Å². The van der Waals surface area contributed by atoms with Gasteiger partial charge in [-0.3, -0.25) is 9.88 Å². The molecule has 4 aromatic rings. The number of fused-ring (bicyclic) bond motifs is 1. The molecule has 4 aromatic heterocycles. The predicted molar refractivity (Wildman–Crippen MR) is 106 cm³/mol. The monoisotopic (exact) mass is 374 g/mol. The van der Waals surface area contributed by atoms with Crippen molar-refractivity contribution in [2.75, 3.05) is 13.1 Å². The first-order chi connectivity index (χ1) is 13.8. The summed E-state index contributed by atoms with van der Waals surface area (Å²) >= 11 is 0. The van der Waals surface area contributed by atoms with Gasteiger partial charge in [-0.25, -0.2) is 15.0 Å². The van der Waals surface area contributed by atoms with Crippen LogP contribution in [0.3, 0.4) is 0 Å². The summed E-state index contributed by atoms with van der Waals surface area (Å²) in [6.07, 6.45) is 9.34. The zero-order chi connectivity index (χ0) is 18.9. The molecule has 0 bridgehead atoms. The lowest BCUT2D eigenvalue weighted by Gasteiger charge is -2.32. The molecule has 0 spiro atoms. The molecule has 0 radical (unpaired) electrons. The second-order valence-electron chi connectivity index (χ2n) is 7.31. The van der Waals surface area contributed by atoms with Crippen LogP contribution in [0.1, 0.15) is 30.4 Å². The minimum absolute atomic E-state index is 0.390. The molecule has 142 valence electrons. The highest BCUT2D eigenvalue weighted by Crippen LogP contribution is 2.27. The second kappa shape index (κ2) is 7.16. The van der Waals surface area contributed by atoms with Gasteiger partial charge < -0.3 is 8.98 Å². The van der Waals surface area contributed by atoms with Gasteiger partial charge in [-0.05, 0) is 44.0 Å². The Bertz CT molecular complexity index is 1080. The van der Waals surface area contributed by atoms with E-state index in [0.29, 0.717) is 11.7 Å². The predicted octanol–water partition coefficient (Wildman–Crippen LogP) is 3.63. The van der Waals surface area contributed by atoms with E-state index in [-0.39, 0.29) is 0 Å². The lowest BCUT2D eigenvalue weighted by Crippen LogP contribution is -2.34. The first kappa shape index (κ1) is 17.1. The highest BCUT2D eigenvalue weighted by molar-refractivity contribution is 5.70. The SMILES string of the molecule is Cc1ccc(CN2CCC(n3cnc4ncc(-c5ccncc5)nc43)CC2)o1. The van der Waals surface area contributed by atoms with Gasteiger partial charge in [0, 0.05) is 37.1 Å². The van der Waals surface area contributed by atoms with Crippen molar-refractivity contribution >= 4 is 11.3 Å². The maximum absolute atomic E-state index is 5.72. The van der Waals surface area contributed by atoms with Gasteiger partial charge in [0.15, 0.2) is 11.3 Å². The molecule has 0 aliphatic carbocycles. The maximum atomic E-state index is 5.72. The lowest BCUT2D eigenvalue weighted by atomic mass is 10.0. The highest BCUT2D eigenvalue weighted by atomic mass is 16.3. The van der Waals surface area contributed by atoms with Crippen molar-refractivity contribution in [3.8, 4) is 11.3 Å². The third-order valence-corrected chi connectivity index (χ3v) is 5.39. The molecule has 0 aromatic carbocycles. The van der Waals surface area contributed by atoms with E-state index >= 15 is 0 Å². The number of piperidine rings is 1. The van der Waals surface area contributed by atoms with E-state index in [1.54, 1.807) is 18.6 Å². The molecular weight excluding hydrogens is 352 g/mol. The molecule has 7 heteroatoms. The number of hydrogen-bond acceptors (Lipinski definition) is 6. The summed E-state index contributed by atoms with van der Waals surface area (Å²) in [7, 11) is 0. The quantitative estimate of drug-likeness (QED) is 0.543. The normalized spacial score (nSPS) is 16.0. The molecular formula is C21H22N6O. The maximum Gasteiger partial charge on any atom is 0.197 e. The Morgan fingerprint density at radius 1 is 1.07 bits per heavy atom. The van der Waals surface area contributed by atoms with Gasteiger partial charge in [0.2, 0.25) is 0 Å². The summed E-state index contributed by atoms with van der Waals surface area (Å²) in [5.74, 6) is 2.01.